The molecule has 0 radical (unpaired) electrons. The van der Waals surface area contributed by atoms with Gasteiger partial charge in [-0.3, -0.25) is 0 Å². The van der Waals surface area contributed by atoms with Crippen molar-refractivity contribution in [2.75, 3.05) is 0 Å². The minimum absolute atomic E-state index is 0.782. The molecule has 2 rings (SSSR count). The van der Waals surface area contributed by atoms with Crippen molar-refractivity contribution < 1.29 is 0 Å². The average Bonchev–Trinajstić information content (AvgIpc) is 3.37. The fourth-order valence-electron chi connectivity index (χ4n) is 2.19. The zero-order chi connectivity index (χ0) is 17.2. The molecule has 0 heterocycles. The van der Waals surface area contributed by atoms with Gasteiger partial charge in [0.05, 0.1) is 0 Å². The van der Waals surface area contributed by atoms with Gasteiger partial charge in [0.2, 0.25) is 0 Å². The molecule has 0 spiro atoms. The molecule has 0 heteroatoms. The molecule has 0 amide bonds. The number of rotatable bonds is 6. The van der Waals surface area contributed by atoms with Crippen LogP contribution in [0.1, 0.15) is 91.9 Å². The van der Waals surface area contributed by atoms with E-state index in [0.717, 1.165) is 11.8 Å². The van der Waals surface area contributed by atoms with Crippen molar-refractivity contribution in [1.82, 2.24) is 0 Å². The number of terminal acetylenes is 1. The van der Waals surface area contributed by atoms with Gasteiger partial charge in [-0.2, -0.15) is 0 Å². The second-order valence-corrected chi connectivity index (χ2v) is 6.41. The van der Waals surface area contributed by atoms with E-state index >= 15 is 0 Å². The molecule has 0 nitrogen and oxygen atoms in total. The van der Waals surface area contributed by atoms with Crippen LogP contribution in [0.2, 0.25) is 0 Å². The van der Waals surface area contributed by atoms with E-state index in [0.29, 0.717) is 0 Å². The maximum absolute atomic E-state index is 4.00. The van der Waals surface area contributed by atoms with Gasteiger partial charge in [-0.15, -0.1) is 19.4 Å². The Morgan fingerprint density at radius 2 is 1.68 bits per heavy atom. The zero-order valence-electron chi connectivity index (χ0n) is 15.7. The maximum atomic E-state index is 4.00. The second-order valence-electron chi connectivity index (χ2n) is 6.41. The van der Waals surface area contributed by atoms with Crippen LogP contribution in [-0.4, -0.2) is 0 Å². The van der Waals surface area contributed by atoms with Crippen molar-refractivity contribution in [3.8, 4) is 12.8 Å². The summed E-state index contributed by atoms with van der Waals surface area (Å²) in [5.74, 6) is 1.85. The van der Waals surface area contributed by atoms with Crippen LogP contribution in [0.5, 0.6) is 0 Å². The van der Waals surface area contributed by atoms with E-state index < -0.39 is 0 Å². The molecule has 22 heavy (non-hydrogen) atoms. The van der Waals surface area contributed by atoms with Crippen molar-refractivity contribution in [3.05, 3.63) is 24.3 Å². The third kappa shape index (κ3) is 17.1. The van der Waals surface area contributed by atoms with Crippen molar-refractivity contribution in [1.29, 1.82) is 0 Å². The predicted octanol–water partition coefficient (Wildman–Crippen LogP) is 7.56. The molecular weight excluding hydrogens is 264 g/mol. The van der Waals surface area contributed by atoms with Crippen LogP contribution in [0.15, 0.2) is 24.3 Å². The minimum Gasteiger partial charge on any atom is -0.124 e. The van der Waals surface area contributed by atoms with E-state index in [9.17, 15) is 0 Å². The third-order valence-electron chi connectivity index (χ3n) is 4.26. The zero-order valence-corrected chi connectivity index (χ0v) is 15.7. The van der Waals surface area contributed by atoms with Gasteiger partial charge in [-0.05, 0) is 44.4 Å². The molecule has 0 aliphatic heterocycles. The van der Waals surface area contributed by atoms with Gasteiger partial charge in [-0.25, -0.2) is 0 Å². The lowest BCUT2D eigenvalue weighted by atomic mass is 9.88. The quantitative estimate of drug-likeness (QED) is 0.351. The molecule has 0 N–H and O–H groups in total. The SMILES string of the molecule is C#C.C=CC(CCC)CCCC.CC1CCC1.CC=C1CC1. The van der Waals surface area contributed by atoms with Crippen molar-refractivity contribution >= 4 is 0 Å². The Bertz CT molecular complexity index is 272. The summed E-state index contributed by atoms with van der Waals surface area (Å²) in [5, 5.41) is 0. The van der Waals surface area contributed by atoms with E-state index in [1.165, 1.54) is 64.2 Å². The van der Waals surface area contributed by atoms with Crippen LogP contribution in [-0.2, 0) is 0 Å². The largest absolute Gasteiger partial charge is 0.124 e. The highest BCUT2D eigenvalue weighted by molar-refractivity contribution is 5.14. The summed E-state index contributed by atoms with van der Waals surface area (Å²) < 4.78 is 0. The molecule has 0 aromatic rings. The Balaban J connectivity index is 0. The van der Waals surface area contributed by atoms with E-state index in [4.69, 9.17) is 0 Å². The number of hydrogen-bond donors (Lipinski definition) is 0. The summed E-state index contributed by atoms with van der Waals surface area (Å²) >= 11 is 0. The Kier molecular flexibility index (Phi) is 19.2. The molecule has 2 saturated carbocycles. The predicted molar refractivity (Wildman–Crippen MR) is 104 cm³/mol. The van der Waals surface area contributed by atoms with Gasteiger partial charge in [0.1, 0.15) is 0 Å². The van der Waals surface area contributed by atoms with Gasteiger partial charge in [0.25, 0.3) is 0 Å². The monoisotopic (exact) mass is 304 g/mol. The Labute approximate surface area is 141 Å². The lowest BCUT2D eigenvalue weighted by molar-refractivity contribution is 0.346. The van der Waals surface area contributed by atoms with Crippen LogP contribution >= 0.6 is 0 Å². The summed E-state index contributed by atoms with van der Waals surface area (Å²) in [6, 6.07) is 0. The average molecular weight is 305 g/mol. The van der Waals surface area contributed by atoms with E-state index in [-0.39, 0.29) is 0 Å². The molecule has 128 valence electrons. The van der Waals surface area contributed by atoms with E-state index in [2.05, 4.69) is 59.3 Å². The number of hydrogen-bond acceptors (Lipinski definition) is 0. The molecule has 0 aromatic carbocycles. The third-order valence-corrected chi connectivity index (χ3v) is 4.26. The van der Waals surface area contributed by atoms with E-state index in [1.54, 1.807) is 5.57 Å². The Morgan fingerprint density at radius 3 is 1.86 bits per heavy atom. The first-order valence-corrected chi connectivity index (χ1v) is 9.27. The first kappa shape index (κ1) is 23.3. The van der Waals surface area contributed by atoms with Crippen molar-refractivity contribution in [3.63, 3.8) is 0 Å². The van der Waals surface area contributed by atoms with Gasteiger partial charge < -0.3 is 0 Å². The van der Waals surface area contributed by atoms with Gasteiger partial charge in [-0.1, -0.05) is 77.0 Å². The summed E-state index contributed by atoms with van der Waals surface area (Å²) in [7, 11) is 0. The highest BCUT2D eigenvalue weighted by atomic mass is 14.1. The standard InChI is InChI=1S/C10H20.C5H10.C5H8.C2H2/c1-4-7-9-10(6-3)8-5-2;1-5-3-2-4-5;1-2-5-3-4-5;1-2/h6,10H,3-5,7-9H2,1-2H3;5H,2-4H2,1H3;2H,3-4H2,1H3;1-2H. The Hall–Kier alpha value is -0.960. The fourth-order valence-corrected chi connectivity index (χ4v) is 2.19. The topological polar surface area (TPSA) is 0 Å². The van der Waals surface area contributed by atoms with Crippen molar-refractivity contribution in [2.45, 2.75) is 91.9 Å². The molecule has 0 bridgehead atoms. The fraction of sp³-hybridized carbons (Fsp3) is 0.727. The summed E-state index contributed by atoms with van der Waals surface area (Å²) in [4.78, 5) is 0. The highest BCUT2D eigenvalue weighted by Gasteiger charge is 2.09. The summed E-state index contributed by atoms with van der Waals surface area (Å²) in [6.45, 7) is 12.7. The van der Waals surface area contributed by atoms with Gasteiger partial charge >= 0.3 is 0 Å². The summed E-state index contributed by atoms with van der Waals surface area (Å²) in [5.41, 5.74) is 1.63. The Morgan fingerprint density at radius 1 is 1.14 bits per heavy atom. The van der Waals surface area contributed by atoms with Gasteiger partial charge in [0, 0.05) is 0 Å². The second kappa shape index (κ2) is 18.1. The number of allylic oxidation sites excluding steroid dienone is 3. The molecule has 2 aliphatic carbocycles. The molecule has 0 aromatic heterocycles. The molecule has 1 unspecified atom stereocenters. The number of unbranched alkanes of at least 4 members (excludes halogenated alkanes) is 1. The maximum Gasteiger partial charge on any atom is -0.0236 e. The molecule has 2 fully saturated rings. The minimum atomic E-state index is 0.782. The molecule has 2 aliphatic rings. The lowest BCUT2D eigenvalue weighted by Crippen LogP contribution is -2.04. The van der Waals surface area contributed by atoms with Gasteiger partial charge in [0.15, 0.2) is 0 Å². The van der Waals surface area contributed by atoms with E-state index in [1.807, 2.05) is 0 Å². The summed E-state index contributed by atoms with van der Waals surface area (Å²) in [6.07, 6.45) is 26.1. The van der Waals surface area contributed by atoms with Crippen LogP contribution in [0.3, 0.4) is 0 Å². The molecule has 0 saturated heterocycles. The molecule has 1 atom stereocenters. The first-order valence-electron chi connectivity index (χ1n) is 9.27. The van der Waals surface area contributed by atoms with Crippen LogP contribution < -0.4 is 0 Å². The first-order chi connectivity index (χ1) is 10.7. The van der Waals surface area contributed by atoms with Crippen molar-refractivity contribution in [2.24, 2.45) is 11.8 Å². The highest BCUT2D eigenvalue weighted by Crippen LogP contribution is 2.26. The van der Waals surface area contributed by atoms with Crippen LogP contribution in [0, 0.1) is 24.7 Å². The van der Waals surface area contributed by atoms with Crippen LogP contribution in [0.4, 0.5) is 0 Å². The lowest BCUT2D eigenvalue weighted by Gasteiger charge is -2.18. The molecular formula is C22H40. The van der Waals surface area contributed by atoms with Crippen LogP contribution in [0.25, 0.3) is 0 Å². The smallest absolute Gasteiger partial charge is 0.0236 e. The normalized spacial score (nSPS) is 16.2.